The average Bonchev–Trinajstić information content (AvgIpc) is 1.49. The molecule has 102 heavy (non-hydrogen) atoms. The van der Waals surface area contributed by atoms with Gasteiger partial charge >= 0.3 is 0 Å². The summed E-state index contributed by atoms with van der Waals surface area (Å²) >= 11 is 0. The molecule has 4 aliphatic rings. The Kier molecular flexibility index (Phi) is 16.5. The maximum absolute atomic E-state index is 16.5. The van der Waals surface area contributed by atoms with Gasteiger partial charge in [0.05, 0.1) is 67.5 Å². The number of halogens is 30. The number of rotatable bonds is 6. The van der Waals surface area contributed by atoms with Gasteiger partial charge in [0.2, 0.25) is 34.9 Å². The van der Waals surface area contributed by atoms with Crippen LogP contribution in [0.15, 0.2) is 46.4 Å². The van der Waals surface area contributed by atoms with Crippen LogP contribution in [0.5, 0.6) is 0 Å². The van der Waals surface area contributed by atoms with Crippen LogP contribution < -0.4 is 0 Å². The molecule has 3 aromatic heterocycles. The van der Waals surface area contributed by atoms with Gasteiger partial charge in [0, 0.05) is 79.0 Å². The Morgan fingerprint density at radius 1 is 0.186 bits per heavy atom. The van der Waals surface area contributed by atoms with Gasteiger partial charge in [0.1, 0.15) is 0 Å². The maximum atomic E-state index is 16.5. The van der Waals surface area contributed by atoms with E-state index in [1.54, 1.807) is 0 Å². The van der Waals surface area contributed by atoms with Crippen LogP contribution in [0.4, 0.5) is 143 Å². The van der Waals surface area contributed by atoms with Gasteiger partial charge in [-0.3, -0.25) is 9.98 Å². The third-order valence-corrected chi connectivity index (χ3v) is 15.9. The first-order valence-electron chi connectivity index (χ1n) is 27.4. The summed E-state index contributed by atoms with van der Waals surface area (Å²) < 4.78 is 472. The van der Waals surface area contributed by atoms with E-state index in [0.717, 1.165) is 0 Å². The molecule has 9 aromatic rings. The van der Waals surface area contributed by atoms with Gasteiger partial charge in [-0.05, 0) is 60.7 Å². The first-order valence-corrected chi connectivity index (χ1v) is 27.4. The Morgan fingerprint density at radius 2 is 0.373 bits per heavy atom. The van der Waals surface area contributed by atoms with E-state index < -0.39 is 309 Å². The molecule has 6 aromatic carbocycles. The van der Waals surface area contributed by atoms with Crippen LogP contribution in [-0.2, 0) is 0 Å². The van der Waals surface area contributed by atoms with Crippen molar-refractivity contribution >= 4 is 70.2 Å². The fourth-order valence-electron chi connectivity index (χ4n) is 11.3. The summed E-state index contributed by atoms with van der Waals surface area (Å²) in [6.07, 6.45) is 1.85. The zero-order valence-corrected chi connectivity index (χ0v) is 48.1. The van der Waals surface area contributed by atoms with E-state index in [9.17, 15) is 26.3 Å². The minimum atomic E-state index is -2.93. The lowest BCUT2D eigenvalue weighted by Gasteiger charge is -2.12. The smallest absolute Gasteiger partial charge is 0.200 e. The fraction of sp³-hybridized carbons (Fsp3) is 0. The van der Waals surface area contributed by atoms with Crippen molar-refractivity contribution in [2.75, 3.05) is 0 Å². The monoisotopic (exact) mass is 1460 g/mol. The third kappa shape index (κ3) is 10.0. The third-order valence-electron chi connectivity index (χ3n) is 15.9. The first-order chi connectivity index (χ1) is 48.1. The minimum absolute atomic E-state index is 0.210. The standard InChI is InChI=1S/C66H14F30N6/c67-37-31(38(68)50(80)61(91)49(37)79)25-13-9-23(97-11-13)29(35-45(75)57(87)65(95)58(88)46(35)76)21-7-5-19(101-21)28(34-43(73)55(85)64(94)56(86)44(34)74)20-6-8-22(102-20)30(36-47(77)59(89)66(96)60(90)48(36)78)24-10-14(12-98-24)26(32-39(69)51(81)62(92)52(82)40(32)70)16-2-4-18(100-16)27(17-3-1-15(25)99-17)33-41(71)53(83)63(93)54(84)42(33)72/h1-12,99,102H. The van der Waals surface area contributed by atoms with Crippen molar-refractivity contribution in [3.8, 4) is 66.8 Å². The number of benzene rings is 6. The highest BCUT2D eigenvalue weighted by atomic mass is 19.2. The number of hydrogen-bond donors (Lipinski definition) is 2. The van der Waals surface area contributed by atoms with Gasteiger partial charge in [-0.15, -0.1) is 0 Å². The van der Waals surface area contributed by atoms with Crippen LogP contribution >= 0.6 is 0 Å². The van der Waals surface area contributed by atoms with Gasteiger partial charge in [0.15, 0.2) is 140 Å². The lowest BCUT2D eigenvalue weighted by atomic mass is 9.97. The number of aromatic nitrogens is 4. The van der Waals surface area contributed by atoms with E-state index in [2.05, 4.69) is 29.9 Å². The maximum Gasteiger partial charge on any atom is 0.200 e. The van der Waals surface area contributed by atoms with Crippen LogP contribution in [0.1, 0.15) is 33.9 Å². The van der Waals surface area contributed by atoms with E-state index in [-0.39, 0.29) is 24.6 Å². The molecule has 7 heterocycles. The summed E-state index contributed by atoms with van der Waals surface area (Å²) in [5, 5.41) is 0. The van der Waals surface area contributed by atoms with Gasteiger partial charge in [0.25, 0.3) is 0 Å². The summed E-state index contributed by atoms with van der Waals surface area (Å²) in [7, 11) is 0. The van der Waals surface area contributed by atoms with Crippen LogP contribution in [0.2, 0.25) is 0 Å². The normalized spacial score (nSPS) is 12.5. The van der Waals surface area contributed by atoms with Gasteiger partial charge in [-0.25, -0.2) is 142 Å². The Morgan fingerprint density at radius 3 is 0.667 bits per heavy atom. The molecule has 36 heteroatoms. The Balaban J connectivity index is 1.34. The summed E-state index contributed by atoms with van der Waals surface area (Å²) in [5.74, 6) is -86.1. The number of nitrogens with one attached hydrogen (secondary N) is 2. The van der Waals surface area contributed by atoms with Crippen LogP contribution in [0.3, 0.4) is 0 Å². The zero-order valence-electron chi connectivity index (χ0n) is 48.1. The van der Waals surface area contributed by atoms with Crippen LogP contribution in [0.25, 0.3) is 113 Å². The number of fused-ring (bicyclic) bond motifs is 12. The van der Waals surface area contributed by atoms with Gasteiger partial charge < -0.3 is 9.97 Å². The highest BCUT2D eigenvalue weighted by molar-refractivity contribution is 6.06. The number of H-pyrrole nitrogens is 2. The summed E-state index contributed by atoms with van der Waals surface area (Å²) in [5.41, 5.74) is -38.4. The number of aliphatic imine (C=N–C) groups is 2. The molecule has 0 fully saturated rings. The first kappa shape index (κ1) is 68.6. The molecule has 0 spiro atoms. The summed E-state index contributed by atoms with van der Waals surface area (Å²) in [6.45, 7) is 0. The Hall–Kier alpha value is -11.9. The molecule has 0 saturated carbocycles. The summed E-state index contributed by atoms with van der Waals surface area (Å²) in [4.78, 5) is 19.5. The molecule has 4 aliphatic heterocycles. The van der Waals surface area contributed by atoms with E-state index in [1.807, 2.05) is 0 Å². The van der Waals surface area contributed by atoms with Crippen LogP contribution in [0, 0.1) is 175 Å². The predicted octanol–water partition coefficient (Wildman–Crippen LogP) is 21.2. The van der Waals surface area contributed by atoms with E-state index in [0.29, 0.717) is 48.6 Å². The molecule has 0 amide bonds. The van der Waals surface area contributed by atoms with Crippen LogP contribution in [-0.4, -0.2) is 32.4 Å². The van der Waals surface area contributed by atoms with Gasteiger partial charge in [-0.2, -0.15) is 0 Å². The molecule has 518 valence electrons. The molecule has 2 N–H and O–H groups in total. The summed E-state index contributed by atoms with van der Waals surface area (Å²) in [6, 6.07) is 2.00. The Bertz CT molecular complexity index is 5100. The predicted molar refractivity (Wildman–Crippen MR) is 300 cm³/mol. The average molecular weight is 1460 g/mol. The molecular formula is C66H14F30N6. The van der Waals surface area contributed by atoms with Crippen molar-refractivity contribution in [2.24, 2.45) is 9.98 Å². The molecule has 0 saturated heterocycles. The van der Waals surface area contributed by atoms with Crippen molar-refractivity contribution in [2.45, 2.75) is 0 Å². The highest BCUT2D eigenvalue weighted by Gasteiger charge is 2.38. The highest BCUT2D eigenvalue weighted by Crippen LogP contribution is 2.49. The second-order valence-electron chi connectivity index (χ2n) is 21.4. The fourth-order valence-corrected chi connectivity index (χ4v) is 11.3. The van der Waals surface area contributed by atoms with E-state index in [4.69, 9.17) is 0 Å². The largest absolute Gasteiger partial charge is 0.354 e. The topological polar surface area (TPSA) is 82.1 Å². The zero-order chi connectivity index (χ0) is 73.9. The number of aromatic amines is 2. The molecule has 0 atom stereocenters. The van der Waals surface area contributed by atoms with Crippen molar-refractivity contribution in [1.29, 1.82) is 0 Å². The molecule has 0 unspecified atom stereocenters. The van der Waals surface area contributed by atoms with Crippen molar-refractivity contribution in [3.63, 3.8) is 0 Å². The SMILES string of the molecule is Fc1c(F)c(F)c(-c2c3cc(c(-c4c(F)c(F)c(F)c(F)c4F)c4ccc([nH]4)c(-c4c(F)c(F)c(F)c(F)c4F)c4nc(c(-c5c(F)c(F)c(F)c(F)c5F)c5cc(c(-c6c(F)c(F)c(F)c(F)c6F)c6ccc([nH]6)c(-c6c(F)c(F)c(F)c(F)c6F)c6nc2C=C6)C=N5)C=C4)N=C3)c(F)c1F. The lowest BCUT2D eigenvalue weighted by molar-refractivity contribution is 0.381. The lowest BCUT2D eigenvalue weighted by Crippen LogP contribution is -2.06. The van der Waals surface area contributed by atoms with Crippen molar-refractivity contribution in [3.05, 3.63) is 245 Å². The van der Waals surface area contributed by atoms with Crippen molar-refractivity contribution in [1.82, 2.24) is 19.9 Å². The van der Waals surface area contributed by atoms with Gasteiger partial charge in [-0.1, -0.05) is 0 Å². The molecular weight excluding hydrogens is 1450 g/mol. The van der Waals surface area contributed by atoms with E-state index in [1.165, 1.54) is 0 Å². The molecule has 13 rings (SSSR count). The quantitative estimate of drug-likeness (QED) is 0.0988. The minimum Gasteiger partial charge on any atom is -0.354 e. The number of nitrogens with zero attached hydrogens (tertiary/aromatic N) is 4. The van der Waals surface area contributed by atoms with E-state index >= 15 is 105 Å². The Labute approximate surface area is 542 Å². The second kappa shape index (κ2) is 24.5. The number of hydrogen-bond acceptors (Lipinski definition) is 4. The molecule has 6 nitrogen and oxygen atoms in total. The molecule has 12 bridgehead atoms. The van der Waals surface area contributed by atoms with Crippen molar-refractivity contribution < 1.29 is 132 Å². The molecule has 0 aliphatic carbocycles. The second-order valence-corrected chi connectivity index (χ2v) is 21.4. The molecule has 0 radical (unpaired) electrons.